The second-order valence-corrected chi connectivity index (χ2v) is 3.11. The second kappa shape index (κ2) is 3.20. The number of anilines is 1. The zero-order chi connectivity index (χ0) is 9.26. The quantitative estimate of drug-likeness (QED) is 0.539. The van der Waals surface area contributed by atoms with Crippen LogP contribution in [0.1, 0.15) is 0 Å². The lowest BCUT2D eigenvalue weighted by molar-refractivity contribution is 1.26. The molecule has 2 aromatic rings. The van der Waals surface area contributed by atoms with Gasteiger partial charge in [0.15, 0.2) is 0 Å². The molecule has 0 radical (unpaired) electrons. The van der Waals surface area contributed by atoms with E-state index in [9.17, 15) is 0 Å². The van der Waals surface area contributed by atoms with Gasteiger partial charge in [-0.15, -0.1) is 0 Å². The summed E-state index contributed by atoms with van der Waals surface area (Å²) in [4.78, 5) is 4.23. The Balaban J connectivity index is 2.68. The maximum atomic E-state index is 5.82. The van der Waals surface area contributed by atoms with Crippen molar-refractivity contribution in [1.82, 2.24) is 4.98 Å². The minimum atomic E-state index is 0.634. The van der Waals surface area contributed by atoms with Gasteiger partial charge >= 0.3 is 0 Å². The molecule has 1 aromatic heterocycles. The third kappa shape index (κ3) is 1.56. The smallest absolute Gasteiger partial charge is 0.140 e. The van der Waals surface area contributed by atoms with Crippen LogP contribution in [0, 0.1) is 0 Å². The minimum absolute atomic E-state index is 0.634. The van der Waals surface area contributed by atoms with E-state index in [4.69, 9.17) is 17.4 Å². The van der Waals surface area contributed by atoms with E-state index in [0.717, 1.165) is 10.9 Å². The summed E-state index contributed by atoms with van der Waals surface area (Å²) >= 11 is 5.82. The largest absolute Gasteiger partial charge is 0.308 e. The van der Waals surface area contributed by atoms with Crippen LogP contribution in [-0.2, 0) is 0 Å². The Bertz CT molecular complexity index is 442. The fourth-order valence-corrected chi connectivity index (χ4v) is 1.34. The highest BCUT2D eigenvalue weighted by atomic mass is 35.5. The molecule has 0 saturated carbocycles. The van der Waals surface area contributed by atoms with Crippen LogP contribution in [0.2, 0.25) is 5.02 Å². The maximum Gasteiger partial charge on any atom is 0.140 e. The van der Waals surface area contributed by atoms with Gasteiger partial charge < -0.3 is 5.43 Å². The molecule has 0 atom stereocenters. The van der Waals surface area contributed by atoms with Gasteiger partial charge in [0.05, 0.1) is 5.52 Å². The number of fused-ring (bicyclic) bond motifs is 1. The van der Waals surface area contributed by atoms with Crippen molar-refractivity contribution in [2.45, 2.75) is 0 Å². The number of hydrogen-bond donors (Lipinski definition) is 2. The summed E-state index contributed by atoms with van der Waals surface area (Å²) in [6.07, 6.45) is 0. The van der Waals surface area contributed by atoms with E-state index in [1.165, 1.54) is 0 Å². The average molecular weight is 194 g/mol. The van der Waals surface area contributed by atoms with Gasteiger partial charge in [0.2, 0.25) is 0 Å². The summed E-state index contributed by atoms with van der Waals surface area (Å²) in [6.45, 7) is 0. The minimum Gasteiger partial charge on any atom is -0.308 e. The van der Waals surface area contributed by atoms with E-state index >= 15 is 0 Å². The first-order valence-corrected chi connectivity index (χ1v) is 4.20. The number of halogens is 1. The monoisotopic (exact) mass is 193 g/mol. The molecule has 0 aliphatic heterocycles. The SMILES string of the molecule is NNc1ccc2ccc(Cl)cc2n1. The van der Waals surface area contributed by atoms with Crippen molar-refractivity contribution >= 4 is 28.3 Å². The first kappa shape index (κ1) is 8.29. The highest BCUT2D eigenvalue weighted by Crippen LogP contribution is 2.18. The van der Waals surface area contributed by atoms with Gasteiger partial charge in [0, 0.05) is 10.4 Å². The summed E-state index contributed by atoms with van der Waals surface area (Å²) in [7, 11) is 0. The molecule has 0 spiro atoms. The fraction of sp³-hybridized carbons (Fsp3) is 0. The Hall–Kier alpha value is -1.32. The summed E-state index contributed by atoms with van der Waals surface area (Å²) < 4.78 is 0. The van der Waals surface area contributed by atoms with Crippen LogP contribution >= 0.6 is 11.6 Å². The molecule has 4 heteroatoms. The molecule has 0 fully saturated rings. The Morgan fingerprint density at radius 1 is 1.23 bits per heavy atom. The molecule has 1 heterocycles. The molecule has 0 aliphatic carbocycles. The third-order valence-electron chi connectivity index (χ3n) is 1.80. The first-order valence-electron chi connectivity index (χ1n) is 3.82. The van der Waals surface area contributed by atoms with Crippen molar-refractivity contribution in [2.24, 2.45) is 5.84 Å². The summed E-state index contributed by atoms with van der Waals surface area (Å²) in [6, 6.07) is 9.31. The van der Waals surface area contributed by atoms with Gasteiger partial charge in [-0.1, -0.05) is 17.7 Å². The van der Waals surface area contributed by atoms with Gasteiger partial charge in [-0.05, 0) is 24.3 Å². The lowest BCUT2D eigenvalue weighted by Gasteiger charge is -2.01. The molecule has 13 heavy (non-hydrogen) atoms. The molecule has 3 N–H and O–H groups in total. The zero-order valence-electron chi connectivity index (χ0n) is 6.79. The number of hydrazine groups is 1. The lowest BCUT2D eigenvalue weighted by Crippen LogP contribution is -2.07. The fourth-order valence-electron chi connectivity index (χ4n) is 1.17. The van der Waals surface area contributed by atoms with E-state index in [0.29, 0.717) is 10.8 Å². The van der Waals surface area contributed by atoms with Gasteiger partial charge in [0.25, 0.3) is 0 Å². The Kier molecular flexibility index (Phi) is 2.04. The number of nitrogen functional groups attached to an aromatic ring is 1. The van der Waals surface area contributed by atoms with Crippen molar-refractivity contribution in [3.8, 4) is 0 Å². The molecule has 0 bridgehead atoms. The molecule has 0 unspecified atom stereocenters. The van der Waals surface area contributed by atoms with Crippen molar-refractivity contribution in [1.29, 1.82) is 0 Å². The van der Waals surface area contributed by atoms with E-state index < -0.39 is 0 Å². The Morgan fingerprint density at radius 2 is 2.00 bits per heavy atom. The molecule has 1 aromatic carbocycles. The molecule has 0 amide bonds. The van der Waals surface area contributed by atoms with Crippen LogP contribution in [0.15, 0.2) is 30.3 Å². The number of benzene rings is 1. The van der Waals surface area contributed by atoms with E-state index in [1.807, 2.05) is 24.3 Å². The molecule has 0 saturated heterocycles. The number of aromatic nitrogens is 1. The van der Waals surface area contributed by atoms with Crippen molar-refractivity contribution in [3.63, 3.8) is 0 Å². The van der Waals surface area contributed by atoms with Gasteiger partial charge in [0.1, 0.15) is 5.82 Å². The molecule has 0 aliphatic rings. The van der Waals surface area contributed by atoms with Crippen molar-refractivity contribution in [3.05, 3.63) is 35.4 Å². The van der Waals surface area contributed by atoms with Crippen LogP contribution in [0.3, 0.4) is 0 Å². The van der Waals surface area contributed by atoms with Crippen molar-refractivity contribution in [2.75, 3.05) is 5.43 Å². The molecule has 66 valence electrons. The van der Waals surface area contributed by atoms with Crippen LogP contribution in [0.25, 0.3) is 10.9 Å². The topological polar surface area (TPSA) is 50.9 Å². The third-order valence-corrected chi connectivity index (χ3v) is 2.04. The second-order valence-electron chi connectivity index (χ2n) is 2.68. The number of nitrogens with zero attached hydrogens (tertiary/aromatic N) is 1. The number of hydrogen-bond acceptors (Lipinski definition) is 3. The number of pyridine rings is 1. The van der Waals surface area contributed by atoms with Gasteiger partial charge in [-0.25, -0.2) is 10.8 Å². The standard InChI is InChI=1S/C9H8ClN3/c10-7-3-1-6-2-4-9(13-11)12-8(6)5-7/h1-5H,11H2,(H,12,13). The number of nitrogens with two attached hydrogens (primary N) is 1. The van der Waals surface area contributed by atoms with Gasteiger partial charge in [-0.2, -0.15) is 0 Å². The number of rotatable bonds is 1. The van der Waals surface area contributed by atoms with E-state index in [-0.39, 0.29) is 0 Å². The summed E-state index contributed by atoms with van der Waals surface area (Å²) in [5.41, 5.74) is 3.32. The molecule has 2 rings (SSSR count). The summed E-state index contributed by atoms with van der Waals surface area (Å²) in [5, 5.41) is 1.72. The van der Waals surface area contributed by atoms with Gasteiger partial charge in [-0.3, -0.25) is 0 Å². The van der Waals surface area contributed by atoms with Crippen LogP contribution in [0.5, 0.6) is 0 Å². The predicted octanol–water partition coefficient (Wildman–Crippen LogP) is 2.17. The van der Waals surface area contributed by atoms with Crippen LogP contribution in [-0.4, -0.2) is 4.98 Å². The Morgan fingerprint density at radius 3 is 2.77 bits per heavy atom. The van der Waals surface area contributed by atoms with E-state index in [2.05, 4.69) is 10.4 Å². The molecular weight excluding hydrogens is 186 g/mol. The predicted molar refractivity (Wildman–Crippen MR) is 54.6 cm³/mol. The maximum absolute atomic E-state index is 5.82. The first-order chi connectivity index (χ1) is 6.29. The molecular formula is C9H8ClN3. The lowest BCUT2D eigenvalue weighted by atomic mass is 10.2. The zero-order valence-corrected chi connectivity index (χ0v) is 7.55. The van der Waals surface area contributed by atoms with Crippen LogP contribution < -0.4 is 11.3 Å². The number of nitrogens with one attached hydrogen (secondary N) is 1. The summed E-state index contributed by atoms with van der Waals surface area (Å²) in [5.74, 6) is 5.87. The highest BCUT2D eigenvalue weighted by molar-refractivity contribution is 6.31. The van der Waals surface area contributed by atoms with Crippen molar-refractivity contribution < 1.29 is 0 Å². The van der Waals surface area contributed by atoms with E-state index in [1.54, 1.807) is 6.07 Å². The average Bonchev–Trinajstić information content (AvgIpc) is 2.16. The highest BCUT2D eigenvalue weighted by Gasteiger charge is 1.97. The molecule has 3 nitrogen and oxygen atoms in total. The van der Waals surface area contributed by atoms with Crippen LogP contribution in [0.4, 0.5) is 5.82 Å². The normalized spacial score (nSPS) is 10.3. The Labute approximate surface area is 80.5 Å².